The highest BCUT2D eigenvalue weighted by Gasteiger charge is 2.15. The monoisotopic (exact) mass is 396 g/mol. The van der Waals surface area contributed by atoms with Crippen LogP contribution >= 0.6 is 0 Å². The summed E-state index contributed by atoms with van der Waals surface area (Å²) in [4.78, 5) is 13.5. The summed E-state index contributed by atoms with van der Waals surface area (Å²) < 4.78 is 5.75. The van der Waals surface area contributed by atoms with Gasteiger partial charge in [0.1, 0.15) is 18.2 Å². The third-order valence-corrected chi connectivity index (χ3v) is 5.00. The van der Waals surface area contributed by atoms with E-state index in [1.165, 1.54) is 11.1 Å². The molecule has 0 atom stereocenters. The van der Waals surface area contributed by atoms with Gasteiger partial charge in [-0.2, -0.15) is 0 Å². The van der Waals surface area contributed by atoms with Gasteiger partial charge in [0, 0.05) is 46.0 Å². The van der Waals surface area contributed by atoms with Gasteiger partial charge in [-0.1, -0.05) is 17.7 Å². The first-order valence-corrected chi connectivity index (χ1v) is 10.2. The van der Waals surface area contributed by atoms with E-state index in [0.717, 1.165) is 43.7 Å². The minimum absolute atomic E-state index is 0.576. The fraction of sp³-hybridized carbons (Fsp3) is 0.455. The molecule has 1 saturated heterocycles. The molecule has 1 aromatic heterocycles. The Morgan fingerprint density at radius 1 is 1.10 bits per heavy atom. The Hall–Kier alpha value is -2.80. The molecule has 29 heavy (non-hydrogen) atoms. The first kappa shape index (κ1) is 20.9. The number of anilines is 1. The Morgan fingerprint density at radius 3 is 2.59 bits per heavy atom. The van der Waals surface area contributed by atoms with E-state index < -0.39 is 0 Å². The number of aryl methyl sites for hydroxylation is 1. The molecule has 2 N–H and O–H groups in total. The van der Waals surface area contributed by atoms with E-state index in [4.69, 9.17) is 4.74 Å². The van der Waals surface area contributed by atoms with Crippen LogP contribution in [-0.2, 0) is 6.54 Å². The second-order valence-corrected chi connectivity index (χ2v) is 7.33. The summed E-state index contributed by atoms with van der Waals surface area (Å²) in [5, 5.41) is 6.64. The second-order valence-electron chi connectivity index (χ2n) is 7.33. The highest BCUT2D eigenvalue weighted by molar-refractivity contribution is 5.79. The normalized spacial score (nSPS) is 15.3. The van der Waals surface area contributed by atoms with Crippen molar-refractivity contribution in [3.8, 4) is 5.75 Å². The van der Waals surface area contributed by atoms with E-state index in [2.05, 4.69) is 50.4 Å². The largest absolute Gasteiger partial charge is 0.492 e. The van der Waals surface area contributed by atoms with Crippen LogP contribution in [0.15, 0.2) is 47.6 Å². The Morgan fingerprint density at radius 2 is 1.86 bits per heavy atom. The maximum Gasteiger partial charge on any atom is 0.191 e. The molecule has 1 aromatic carbocycles. The van der Waals surface area contributed by atoms with Crippen molar-refractivity contribution in [3.63, 3.8) is 0 Å². The van der Waals surface area contributed by atoms with Crippen molar-refractivity contribution < 1.29 is 4.74 Å². The van der Waals surface area contributed by atoms with E-state index in [-0.39, 0.29) is 0 Å². The number of benzene rings is 1. The number of ether oxygens (including phenoxy) is 1. The smallest absolute Gasteiger partial charge is 0.191 e. The zero-order valence-corrected chi connectivity index (χ0v) is 17.7. The molecule has 0 unspecified atom stereocenters. The number of guanidine groups is 1. The lowest BCUT2D eigenvalue weighted by Gasteiger charge is -2.33. The Balaban J connectivity index is 1.42. The standard InChI is InChI=1S/C22H32N6O/c1-18-4-6-20(7-5-18)29-15-10-25-22(23-2)26-17-19-8-9-24-21(16-19)28-13-11-27(3)12-14-28/h4-9,16H,10-15,17H2,1-3H3,(H2,23,25,26). The molecule has 1 aliphatic heterocycles. The zero-order valence-electron chi connectivity index (χ0n) is 17.7. The van der Waals surface area contributed by atoms with Crippen LogP contribution in [-0.4, -0.2) is 69.3 Å². The highest BCUT2D eigenvalue weighted by atomic mass is 16.5. The summed E-state index contributed by atoms with van der Waals surface area (Å²) in [6.07, 6.45) is 1.89. The summed E-state index contributed by atoms with van der Waals surface area (Å²) in [6, 6.07) is 12.3. The molecule has 0 aliphatic carbocycles. The number of rotatable bonds is 7. The Labute approximate surface area is 173 Å². The Kier molecular flexibility index (Phi) is 7.69. The fourth-order valence-corrected chi connectivity index (χ4v) is 3.16. The van der Waals surface area contributed by atoms with Crippen LogP contribution in [0.5, 0.6) is 5.75 Å². The van der Waals surface area contributed by atoms with E-state index >= 15 is 0 Å². The number of nitrogens with one attached hydrogen (secondary N) is 2. The fourth-order valence-electron chi connectivity index (χ4n) is 3.16. The summed E-state index contributed by atoms with van der Waals surface area (Å²) in [5.41, 5.74) is 2.42. The van der Waals surface area contributed by atoms with Crippen molar-refractivity contribution in [1.82, 2.24) is 20.5 Å². The van der Waals surface area contributed by atoms with Gasteiger partial charge in [0.2, 0.25) is 0 Å². The minimum Gasteiger partial charge on any atom is -0.492 e. The molecule has 0 spiro atoms. The number of piperazine rings is 1. The average molecular weight is 397 g/mol. The molecule has 1 aliphatic rings. The molecule has 0 radical (unpaired) electrons. The van der Waals surface area contributed by atoms with Gasteiger partial charge in [-0.05, 0) is 43.8 Å². The lowest BCUT2D eigenvalue weighted by atomic mass is 10.2. The molecule has 7 nitrogen and oxygen atoms in total. The number of hydrogen-bond donors (Lipinski definition) is 2. The molecule has 0 amide bonds. The van der Waals surface area contributed by atoms with Gasteiger partial charge >= 0.3 is 0 Å². The maximum absolute atomic E-state index is 5.75. The van der Waals surface area contributed by atoms with Gasteiger partial charge in [-0.3, -0.25) is 4.99 Å². The molecule has 156 valence electrons. The maximum atomic E-state index is 5.75. The highest BCUT2D eigenvalue weighted by Crippen LogP contribution is 2.14. The predicted molar refractivity (Wildman–Crippen MR) is 119 cm³/mol. The number of likely N-dealkylation sites (N-methyl/N-ethyl adjacent to an activating group) is 1. The van der Waals surface area contributed by atoms with Gasteiger partial charge in [0.25, 0.3) is 0 Å². The molecule has 7 heteroatoms. The Bertz CT molecular complexity index is 784. The predicted octanol–water partition coefficient (Wildman–Crippen LogP) is 1.89. The number of hydrogen-bond acceptors (Lipinski definition) is 5. The van der Waals surface area contributed by atoms with Crippen molar-refractivity contribution >= 4 is 11.8 Å². The van der Waals surface area contributed by atoms with Gasteiger partial charge in [0.15, 0.2) is 5.96 Å². The molecule has 3 rings (SSSR count). The summed E-state index contributed by atoms with van der Waals surface area (Å²) in [7, 11) is 3.94. The SMILES string of the molecule is CN=C(NCCOc1ccc(C)cc1)NCc1ccnc(N2CCN(C)CC2)c1. The van der Waals surface area contributed by atoms with Crippen molar-refractivity contribution in [2.45, 2.75) is 13.5 Å². The van der Waals surface area contributed by atoms with Crippen molar-refractivity contribution in [3.05, 3.63) is 53.7 Å². The zero-order chi connectivity index (χ0) is 20.5. The van der Waals surface area contributed by atoms with Gasteiger partial charge < -0.3 is 25.2 Å². The van der Waals surface area contributed by atoms with Crippen LogP contribution in [0.1, 0.15) is 11.1 Å². The van der Waals surface area contributed by atoms with Crippen LogP contribution in [0.2, 0.25) is 0 Å². The van der Waals surface area contributed by atoms with Gasteiger partial charge in [0.05, 0.1) is 6.54 Å². The number of aliphatic imine (C=N–C) groups is 1. The number of aromatic nitrogens is 1. The molecule has 2 heterocycles. The third-order valence-electron chi connectivity index (χ3n) is 5.00. The van der Waals surface area contributed by atoms with Crippen LogP contribution in [0.3, 0.4) is 0 Å². The number of pyridine rings is 1. The number of nitrogens with zero attached hydrogens (tertiary/aromatic N) is 4. The van der Waals surface area contributed by atoms with Crippen LogP contribution in [0.25, 0.3) is 0 Å². The van der Waals surface area contributed by atoms with Gasteiger partial charge in [-0.15, -0.1) is 0 Å². The van der Waals surface area contributed by atoms with E-state index in [1.807, 2.05) is 36.5 Å². The van der Waals surface area contributed by atoms with E-state index in [1.54, 1.807) is 7.05 Å². The quantitative estimate of drug-likeness (QED) is 0.423. The van der Waals surface area contributed by atoms with Gasteiger partial charge in [-0.25, -0.2) is 4.98 Å². The molecule has 1 fully saturated rings. The lowest BCUT2D eigenvalue weighted by Crippen LogP contribution is -2.44. The average Bonchev–Trinajstić information content (AvgIpc) is 2.75. The molecule has 0 bridgehead atoms. The third kappa shape index (κ3) is 6.64. The first-order chi connectivity index (χ1) is 14.1. The lowest BCUT2D eigenvalue weighted by molar-refractivity contribution is 0.312. The van der Waals surface area contributed by atoms with Crippen LogP contribution < -0.4 is 20.3 Å². The van der Waals surface area contributed by atoms with Crippen LogP contribution in [0.4, 0.5) is 5.82 Å². The molecule has 0 saturated carbocycles. The van der Waals surface area contributed by atoms with E-state index in [9.17, 15) is 0 Å². The van der Waals surface area contributed by atoms with E-state index in [0.29, 0.717) is 19.7 Å². The second kappa shape index (κ2) is 10.7. The molecular formula is C22H32N6O. The summed E-state index contributed by atoms with van der Waals surface area (Å²) >= 11 is 0. The van der Waals surface area contributed by atoms with Crippen molar-refractivity contribution in [2.24, 2.45) is 4.99 Å². The molecular weight excluding hydrogens is 364 g/mol. The molecule has 2 aromatic rings. The van der Waals surface area contributed by atoms with Crippen molar-refractivity contribution in [2.75, 3.05) is 58.3 Å². The topological polar surface area (TPSA) is 65.0 Å². The minimum atomic E-state index is 0.576. The first-order valence-electron chi connectivity index (χ1n) is 10.2. The summed E-state index contributed by atoms with van der Waals surface area (Å²) in [6.45, 7) is 8.20. The van der Waals surface area contributed by atoms with Crippen molar-refractivity contribution in [1.29, 1.82) is 0 Å². The summed E-state index contributed by atoms with van der Waals surface area (Å²) in [5.74, 6) is 2.69. The van der Waals surface area contributed by atoms with Crippen LogP contribution in [0, 0.1) is 6.92 Å².